The first-order valence-electron chi connectivity index (χ1n) is 9.91. The van der Waals surface area contributed by atoms with Gasteiger partial charge in [0.15, 0.2) is 0 Å². The molecule has 0 aliphatic heterocycles. The Morgan fingerprint density at radius 3 is 1.92 bits per heavy atom. The number of hydrogen-bond acceptors (Lipinski definition) is 0. The number of aryl methyl sites for hydroxylation is 1. The maximum atomic E-state index is 2.38. The van der Waals surface area contributed by atoms with E-state index in [0.717, 1.165) is 6.42 Å². The standard InChI is InChI=1S/C26H28/c1-21-12-14-25(15-13-21)26(20-22-8-4-2-5-9-22)18-16-24(17-19-26)23-10-6-3-7-11-23/h2-15,24H,16-20H2,1H3. The molecule has 0 unspecified atom stereocenters. The summed E-state index contributed by atoms with van der Waals surface area (Å²) < 4.78 is 0. The Morgan fingerprint density at radius 1 is 0.731 bits per heavy atom. The van der Waals surface area contributed by atoms with Crippen LogP contribution < -0.4 is 0 Å². The lowest BCUT2D eigenvalue weighted by Gasteiger charge is -2.41. The third kappa shape index (κ3) is 3.60. The van der Waals surface area contributed by atoms with Crippen molar-refractivity contribution >= 4 is 0 Å². The molecule has 3 aromatic carbocycles. The van der Waals surface area contributed by atoms with Crippen molar-refractivity contribution in [3.63, 3.8) is 0 Å². The highest BCUT2D eigenvalue weighted by Gasteiger charge is 2.37. The van der Waals surface area contributed by atoms with Gasteiger partial charge in [0.25, 0.3) is 0 Å². The lowest BCUT2D eigenvalue weighted by atomic mass is 9.63. The largest absolute Gasteiger partial charge is 0.0622 e. The normalized spacial score (nSPS) is 22.9. The number of rotatable bonds is 4. The molecule has 4 rings (SSSR count). The Kier molecular flexibility index (Phi) is 4.93. The van der Waals surface area contributed by atoms with Gasteiger partial charge in [0.05, 0.1) is 0 Å². The van der Waals surface area contributed by atoms with Crippen LogP contribution in [0.25, 0.3) is 0 Å². The molecule has 0 amide bonds. The minimum Gasteiger partial charge on any atom is -0.0622 e. The van der Waals surface area contributed by atoms with Gasteiger partial charge in [0.1, 0.15) is 0 Å². The van der Waals surface area contributed by atoms with E-state index in [4.69, 9.17) is 0 Å². The fraction of sp³-hybridized carbons (Fsp3) is 0.308. The van der Waals surface area contributed by atoms with Crippen LogP contribution in [0.1, 0.15) is 53.9 Å². The zero-order valence-corrected chi connectivity index (χ0v) is 15.7. The summed E-state index contributed by atoms with van der Waals surface area (Å²) in [7, 11) is 0. The molecular formula is C26H28. The summed E-state index contributed by atoms with van der Waals surface area (Å²) in [6.07, 6.45) is 6.25. The molecule has 0 heteroatoms. The van der Waals surface area contributed by atoms with Gasteiger partial charge in [-0.05, 0) is 67.1 Å². The van der Waals surface area contributed by atoms with Crippen molar-refractivity contribution in [2.75, 3.05) is 0 Å². The highest BCUT2D eigenvalue weighted by atomic mass is 14.4. The topological polar surface area (TPSA) is 0 Å². The first-order valence-corrected chi connectivity index (χ1v) is 9.91. The fourth-order valence-corrected chi connectivity index (χ4v) is 4.69. The minimum absolute atomic E-state index is 0.278. The summed E-state index contributed by atoms with van der Waals surface area (Å²) in [5, 5.41) is 0. The maximum absolute atomic E-state index is 2.38. The van der Waals surface area contributed by atoms with E-state index in [9.17, 15) is 0 Å². The minimum atomic E-state index is 0.278. The Labute approximate surface area is 157 Å². The van der Waals surface area contributed by atoms with Crippen LogP contribution in [-0.4, -0.2) is 0 Å². The van der Waals surface area contributed by atoms with Crippen molar-refractivity contribution in [1.82, 2.24) is 0 Å². The second-order valence-corrected chi connectivity index (χ2v) is 7.99. The van der Waals surface area contributed by atoms with Gasteiger partial charge in [0.2, 0.25) is 0 Å². The molecule has 0 saturated heterocycles. The average Bonchev–Trinajstić information content (AvgIpc) is 2.70. The second kappa shape index (κ2) is 7.50. The summed E-state index contributed by atoms with van der Waals surface area (Å²) in [5.74, 6) is 0.713. The number of benzene rings is 3. The SMILES string of the molecule is Cc1ccc(C2(Cc3ccccc3)CCC(c3ccccc3)CC2)cc1. The van der Waals surface area contributed by atoms with E-state index in [-0.39, 0.29) is 5.41 Å². The molecule has 132 valence electrons. The predicted octanol–water partition coefficient (Wildman–Crippen LogP) is 6.83. The van der Waals surface area contributed by atoms with Crippen molar-refractivity contribution < 1.29 is 0 Å². The van der Waals surface area contributed by atoms with E-state index < -0.39 is 0 Å². The zero-order chi connectivity index (χ0) is 17.8. The Balaban J connectivity index is 1.61. The number of hydrogen-bond donors (Lipinski definition) is 0. The van der Waals surface area contributed by atoms with Crippen LogP contribution in [0.5, 0.6) is 0 Å². The highest BCUT2D eigenvalue weighted by molar-refractivity contribution is 5.33. The van der Waals surface area contributed by atoms with Crippen molar-refractivity contribution in [3.8, 4) is 0 Å². The van der Waals surface area contributed by atoms with Crippen LogP contribution in [0.2, 0.25) is 0 Å². The molecule has 0 bridgehead atoms. The van der Waals surface area contributed by atoms with Crippen LogP contribution in [0.3, 0.4) is 0 Å². The van der Waals surface area contributed by atoms with Crippen molar-refractivity contribution in [1.29, 1.82) is 0 Å². The van der Waals surface area contributed by atoms with Crippen LogP contribution >= 0.6 is 0 Å². The van der Waals surface area contributed by atoms with E-state index >= 15 is 0 Å². The van der Waals surface area contributed by atoms with Crippen LogP contribution in [0.4, 0.5) is 0 Å². The summed E-state index contributed by atoms with van der Waals surface area (Å²) >= 11 is 0. The summed E-state index contributed by atoms with van der Waals surface area (Å²) in [6, 6.07) is 31.5. The first-order chi connectivity index (χ1) is 12.8. The molecule has 1 aliphatic rings. The van der Waals surface area contributed by atoms with Gasteiger partial charge in [-0.3, -0.25) is 0 Å². The molecule has 1 saturated carbocycles. The van der Waals surface area contributed by atoms with Crippen molar-refractivity contribution in [3.05, 3.63) is 107 Å². The first kappa shape index (κ1) is 17.1. The predicted molar refractivity (Wildman–Crippen MR) is 111 cm³/mol. The molecule has 0 radical (unpaired) electrons. The van der Waals surface area contributed by atoms with E-state index in [1.165, 1.54) is 47.9 Å². The molecule has 3 aromatic rings. The monoisotopic (exact) mass is 340 g/mol. The molecule has 0 atom stereocenters. The summed E-state index contributed by atoms with van der Waals surface area (Å²) in [4.78, 5) is 0. The Bertz CT molecular complexity index is 807. The second-order valence-electron chi connectivity index (χ2n) is 7.99. The van der Waals surface area contributed by atoms with Crippen molar-refractivity contribution in [2.24, 2.45) is 0 Å². The zero-order valence-electron chi connectivity index (χ0n) is 15.7. The quantitative estimate of drug-likeness (QED) is 0.488. The van der Waals surface area contributed by atoms with Gasteiger partial charge in [-0.25, -0.2) is 0 Å². The maximum Gasteiger partial charge on any atom is -0.000622 e. The van der Waals surface area contributed by atoms with Gasteiger partial charge < -0.3 is 0 Å². The lowest BCUT2D eigenvalue weighted by Crippen LogP contribution is -2.33. The molecule has 1 aliphatic carbocycles. The van der Waals surface area contributed by atoms with E-state index in [1.54, 1.807) is 0 Å². The van der Waals surface area contributed by atoms with E-state index in [2.05, 4.69) is 91.9 Å². The van der Waals surface area contributed by atoms with Crippen LogP contribution in [0, 0.1) is 6.92 Å². The molecular weight excluding hydrogens is 312 g/mol. The molecule has 1 fully saturated rings. The third-order valence-electron chi connectivity index (χ3n) is 6.26. The smallest absolute Gasteiger partial charge is 0.000622 e. The van der Waals surface area contributed by atoms with E-state index in [1.807, 2.05) is 0 Å². The summed E-state index contributed by atoms with van der Waals surface area (Å²) in [6.45, 7) is 2.18. The molecule has 0 N–H and O–H groups in total. The van der Waals surface area contributed by atoms with Crippen LogP contribution in [-0.2, 0) is 11.8 Å². The molecule has 0 spiro atoms. The highest BCUT2D eigenvalue weighted by Crippen LogP contribution is 2.46. The third-order valence-corrected chi connectivity index (χ3v) is 6.26. The van der Waals surface area contributed by atoms with Gasteiger partial charge in [0, 0.05) is 0 Å². The Morgan fingerprint density at radius 2 is 1.31 bits per heavy atom. The molecule has 0 heterocycles. The summed E-state index contributed by atoms with van der Waals surface area (Å²) in [5.41, 5.74) is 6.14. The van der Waals surface area contributed by atoms with Gasteiger partial charge >= 0.3 is 0 Å². The van der Waals surface area contributed by atoms with Crippen molar-refractivity contribution in [2.45, 2.75) is 50.4 Å². The molecule has 26 heavy (non-hydrogen) atoms. The van der Waals surface area contributed by atoms with Gasteiger partial charge in [-0.1, -0.05) is 90.5 Å². The lowest BCUT2D eigenvalue weighted by molar-refractivity contribution is 0.267. The average molecular weight is 341 g/mol. The fourth-order valence-electron chi connectivity index (χ4n) is 4.69. The van der Waals surface area contributed by atoms with Gasteiger partial charge in [-0.2, -0.15) is 0 Å². The Hall–Kier alpha value is -2.34. The van der Waals surface area contributed by atoms with E-state index in [0.29, 0.717) is 5.92 Å². The van der Waals surface area contributed by atoms with Gasteiger partial charge in [-0.15, -0.1) is 0 Å². The molecule has 0 nitrogen and oxygen atoms in total. The molecule has 0 aromatic heterocycles. The van der Waals surface area contributed by atoms with Crippen LogP contribution in [0.15, 0.2) is 84.9 Å².